The van der Waals surface area contributed by atoms with E-state index in [0.717, 1.165) is 50.0 Å². The second kappa shape index (κ2) is 10.0. The van der Waals surface area contributed by atoms with Gasteiger partial charge < -0.3 is 20.7 Å². The Balaban J connectivity index is 1.24. The van der Waals surface area contributed by atoms with Crippen molar-refractivity contribution < 1.29 is 19.1 Å². The van der Waals surface area contributed by atoms with Gasteiger partial charge in [-0.1, -0.05) is 12.1 Å². The van der Waals surface area contributed by atoms with Crippen LogP contribution in [0, 0.1) is 5.92 Å². The normalized spacial score (nSPS) is 23.5. The third-order valence-electron chi connectivity index (χ3n) is 7.67. The maximum atomic E-state index is 13.4. The number of carbonyl (C=O) groups excluding carboxylic acids is 3. The number of hydrogen-bond acceptors (Lipinski definition) is 6. The minimum atomic E-state index is -0.860. The molecule has 0 unspecified atom stereocenters. The molecule has 1 saturated carbocycles. The minimum absolute atomic E-state index is 0.00452. The molecule has 3 N–H and O–H groups in total. The predicted molar refractivity (Wildman–Crippen MR) is 143 cm³/mol. The summed E-state index contributed by atoms with van der Waals surface area (Å²) in [6, 6.07) is 8.80. The van der Waals surface area contributed by atoms with Crippen molar-refractivity contribution >= 4 is 34.9 Å². The largest absolute Gasteiger partial charge is 0.444 e. The van der Waals surface area contributed by atoms with Gasteiger partial charge in [0.2, 0.25) is 11.8 Å². The summed E-state index contributed by atoms with van der Waals surface area (Å²) in [5.41, 5.74) is 8.49. The van der Waals surface area contributed by atoms with E-state index < -0.39 is 29.7 Å². The Kier molecular flexibility index (Phi) is 6.91. The lowest BCUT2D eigenvalue weighted by atomic mass is 9.97. The van der Waals surface area contributed by atoms with Crippen LogP contribution in [0.5, 0.6) is 0 Å². The van der Waals surface area contributed by atoms with Crippen LogP contribution in [0.15, 0.2) is 35.7 Å². The second-order valence-corrected chi connectivity index (χ2v) is 12.4. The summed E-state index contributed by atoms with van der Waals surface area (Å²) in [6.45, 7) is 7.31. The van der Waals surface area contributed by atoms with Crippen LogP contribution in [0.4, 0.5) is 10.5 Å². The van der Waals surface area contributed by atoms with E-state index in [4.69, 9.17) is 10.5 Å². The Morgan fingerprint density at radius 3 is 2.62 bits per heavy atom. The first-order valence-corrected chi connectivity index (χ1v) is 14.0. The maximum absolute atomic E-state index is 13.4. The SMILES string of the molecule is CC(C)(C)OC(=O)N1[C@@H]2CC[C@@H](C2)[C@H]1C(=O)N[C@@H](Cc1ccc(N2CCc3sccc3C2)cc1)C(N)=O. The lowest BCUT2D eigenvalue weighted by Gasteiger charge is -2.36. The number of nitrogens with one attached hydrogen (secondary N) is 1. The fourth-order valence-corrected chi connectivity index (χ4v) is 6.82. The number of ether oxygens (including phenoxy) is 1. The molecule has 2 bridgehead atoms. The summed E-state index contributed by atoms with van der Waals surface area (Å²) in [5.74, 6) is -0.859. The van der Waals surface area contributed by atoms with E-state index in [0.29, 0.717) is 6.42 Å². The van der Waals surface area contributed by atoms with Gasteiger partial charge in [0.25, 0.3) is 0 Å². The first-order chi connectivity index (χ1) is 17.6. The molecule has 2 aliphatic heterocycles. The molecule has 3 amide bonds. The molecule has 5 rings (SSSR count). The van der Waals surface area contributed by atoms with Crippen LogP contribution in [0.2, 0.25) is 0 Å². The molecule has 1 aromatic carbocycles. The molecule has 37 heavy (non-hydrogen) atoms. The smallest absolute Gasteiger partial charge is 0.411 e. The fraction of sp³-hybridized carbons (Fsp3) is 0.536. The number of fused-ring (bicyclic) bond motifs is 3. The van der Waals surface area contributed by atoms with Gasteiger partial charge in [0.1, 0.15) is 17.7 Å². The van der Waals surface area contributed by atoms with Gasteiger partial charge in [-0.25, -0.2) is 4.79 Å². The van der Waals surface area contributed by atoms with Crippen LogP contribution >= 0.6 is 11.3 Å². The average Bonchev–Trinajstić information content (AvgIpc) is 3.58. The summed E-state index contributed by atoms with van der Waals surface area (Å²) >= 11 is 1.82. The molecule has 8 nitrogen and oxygen atoms in total. The summed E-state index contributed by atoms with van der Waals surface area (Å²) in [4.78, 5) is 44.0. The van der Waals surface area contributed by atoms with Crippen LogP contribution in [0.3, 0.4) is 0 Å². The Morgan fingerprint density at radius 1 is 1.16 bits per heavy atom. The molecule has 3 aliphatic rings. The molecule has 198 valence electrons. The molecule has 0 spiro atoms. The zero-order chi connectivity index (χ0) is 26.3. The number of nitrogens with two attached hydrogens (primary N) is 1. The Hall–Kier alpha value is -3.07. The van der Waals surface area contributed by atoms with Crippen molar-refractivity contribution in [2.45, 2.75) is 83.1 Å². The molecule has 3 heterocycles. The highest BCUT2D eigenvalue weighted by atomic mass is 32.1. The number of likely N-dealkylation sites (tertiary alicyclic amines) is 1. The van der Waals surface area contributed by atoms with Crippen molar-refractivity contribution in [3.05, 3.63) is 51.7 Å². The van der Waals surface area contributed by atoms with Crippen molar-refractivity contribution in [3.63, 3.8) is 0 Å². The fourth-order valence-electron chi connectivity index (χ4n) is 5.93. The van der Waals surface area contributed by atoms with Crippen molar-refractivity contribution in [1.29, 1.82) is 0 Å². The van der Waals surface area contributed by atoms with E-state index in [1.807, 2.05) is 44.2 Å². The number of piperidine rings is 1. The summed E-state index contributed by atoms with van der Waals surface area (Å²) < 4.78 is 5.59. The summed E-state index contributed by atoms with van der Waals surface area (Å²) in [6.07, 6.45) is 3.40. The predicted octanol–water partition coefficient (Wildman–Crippen LogP) is 3.61. The number of anilines is 1. The quantitative estimate of drug-likeness (QED) is 0.601. The molecule has 0 radical (unpaired) electrons. The van der Waals surface area contributed by atoms with Gasteiger partial charge in [-0.15, -0.1) is 11.3 Å². The van der Waals surface area contributed by atoms with E-state index in [9.17, 15) is 14.4 Å². The van der Waals surface area contributed by atoms with E-state index in [-0.39, 0.29) is 17.9 Å². The second-order valence-electron chi connectivity index (χ2n) is 11.4. The van der Waals surface area contributed by atoms with Crippen LogP contribution < -0.4 is 16.0 Å². The van der Waals surface area contributed by atoms with Gasteiger partial charge in [-0.05, 0) is 87.1 Å². The first kappa shape index (κ1) is 25.6. The molecular formula is C28H36N4O4S. The van der Waals surface area contributed by atoms with Crippen LogP contribution in [0.25, 0.3) is 0 Å². The van der Waals surface area contributed by atoms with Gasteiger partial charge in [0, 0.05) is 36.1 Å². The molecular weight excluding hydrogens is 488 g/mol. The Morgan fingerprint density at radius 2 is 1.92 bits per heavy atom. The van der Waals surface area contributed by atoms with Gasteiger partial charge in [0.05, 0.1) is 0 Å². The minimum Gasteiger partial charge on any atom is -0.444 e. The number of hydrogen-bond donors (Lipinski definition) is 2. The molecule has 4 atom stereocenters. The first-order valence-electron chi connectivity index (χ1n) is 13.1. The van der Waals surface area contributed by atoms with Gasteiger partial charge in [-0.3, -0.25) is 14.5 Å². The molecule has 2 aromatic rings. The molecule has 1 aromatic heterocycles. The topological polar surface area (TPSA) is 105 Å². The average molecular weight is 525 g/mol. The van der Waals surface area contributed by atoms with Crippen molar-refractivity contribution in [1.82, 2.24) is 10.2 Å². The number of primary amides is 1. The summed E-state index contributed by atoms with van der Waals surface area (Å²) in [5, 5.41) is 5.01. The lowest BCUT2D eigenvalue weighted by molar-refractivity contribution is -0.132. The van der Waals surface area contributed by atoms with E-state index >= 15 is 0 Å². The highest BCUT2D eigenvalue weighted by molar-refractivity contribution is 7.10. The molecule has 9 heteroatoms. The molecule has 2 fully saturated rings. The maximum Gasteiger partial charge on any atom is 0.411 e. The monoisotopic (exact) mass is 524 g/mol. The number of carbonyl (C=O) groups is 3. The van der Waals surface area contributed by atoms with Crippen LogP contribution in [-0.2, 0) is 33.7 Å². The highest BCUT2D eigenvalue weighted by Crippen LogP contribution is 2.43. The van der Waals surface area contributed by atoms with Crippen LogP contribution in [0.1, 0.15) is 56.0 Å². The van der Waals surface area contributed by atoms with E-state index in [1.165, 1.54) is 10.4 Å². The summed E-state index contributed by atoms with van der Waals surface area (Å²) in [7, 11) is 0. The third kappa shape index (κ3) is 5.46. The number of benzene rings is 1. The van der Waals surface area contributed by atoms with Gasteiger partial charge in [-0.2, -0.15) is 0 Å². The van der Waals surface area contributed by atoms with Crippen molar-refractivity contribution in [2.75, 3.05) is 11.4 Å². The zero-order valence-corrected chi connectivity index (χ0v) is 22.6. The van der Waals surface area contributed by atoms with Crippen molar-refractivity contribution in [2.24, 2.45) is 11.7 Å². The van der Waals surface area contributed by atoms with Gasteiger partial charge in [0.15, 0.2) is 0 Å². The van der Waals surface area contributed by atoms with Crippen LogP contribution in [-0.4, -0.2) is 53.1 Å². The molecule has 1 saturated heterocycles. The number of rotatable bonds is 6. The lowest BCUT2D eigenvalue weighted by Crippen LogP contribution is -2.57. The standard InChI is InChI=1S/C28H36N4O4S/c1-28(2,3)36-27(35)32-21-9-6-18(15-21)24(32)26(34)30-22(25(29)33)14-17-4-7-20(8-5-17)31-12-10-23-19(16-31)11-13-37-23/h4-5,7-8,11,13,18,21-22,24H,6,9-10,12,14-16H2,1-3H3,(H2,29,33)(H,30,34)/t18-,21+,22-,24-/m0/s1. The number of amides is 3. The van der Waals surface area contributed by atoms with E-state index in [1.54, 1.807) is 4.90 Å². The van der Waals surface area contributed by atoms with E-state index in [2.05, 4.69) is 33.8 Å². The van der Waals surface area contributed by atoms with Crippen molar-refractivity contribution in [3.8, 4) is 0 Å². The Labute approximate surface area is 222 Å². The highest BCUT2D eigenvalue weighted by Gasteiger charge is 2.52. The zero-order valence-electron chi connectivity index (χ0n) is 21.7. The third-order valence-corrected chi connectivity index (χ3v) is 8.69. The molecule has 1 aliphatic carbocycles. The number of thiophene rings is 1. The number of nitrogens with zero attached hydrogens (tertiary/aromatic N) is 2. The van der Waals surface area contributed by atoms with Gasteiger partial charge >= 0.3 is 6.09 Å². The Bertz CT molecular complexity index is 1170.